The fourth-order valence-corrected chi connectivity index (χ4v) is 3.13. The maximum absolute atomic E-state index is 3.58. The monoisotopic (exact) mass is 211 g/mol. The van der Waals surface area contributed by atoms with Crippen LogP contribution in [0.15, 0.2) is 0 Å². The topological polar surface area (TPSA) is 12.0 Å². The number of hydrogen-bond acceptors (Lipinski definition) is 1. The minimum atomic E-state index is 0.609. The van der Waals surface area contributed by atoms with E-state index in [2.05, 4.69) is 26.1 Å². The molecule has 0 amide bonds. The van der Waals surface area contributed by atoms with Crippen LogP contribution in [0.2, 0.25) is 0 Å². The molecular formula is C14H29N. The van der Waals surface area contributed by atoms with Crippen molar-refractivity contribution in [1.29, 1.82) is 0 Å². The van der Waals surface area contributed by atoms with Gasteiger partial charge in [0.15, 0.2) is 0 Å². The molecule has 1 heterocycles. The molecule has 1 aliphatic rings. The summed E-state index contributed by atoms with van der Waals surface area (Å²) in [5.74, 6) is 0.928. The lowest BCUT2D eigenvalue weighted by Gasteiger charge is -2.40. The SMILES string of the molecule is CCCCC(C)(CCC)C1CCCNC1. The summed E-state index contributed by atoms with van der Waals surface area (Å²) in [6.45, 7) is 9.68. The molecule has 0 aliphatic carbocycles. The molecule has 1 N–H and O–H groups in total. The van der Waals surface area contributed by atoms with Crippen LogP contribution in [0, 0.1) is 11.3 Å². The standard InChI is InChI=1S/C14H29N/c1-4-6-10-14(3,9-5-2)13-8-7-11-15-12-13/h13,15H,4-12H2,1-3H3. The summed E-state index contributed by atoms with van der Waals surface area (Å²) in [5, 5.41) is 3.58. The molecule has 2 unspecified atom stereocenters. The van der Waals surface area contributed by atoms with Crippen LogP contribution in [0.1, 0.15) is 65.7 Å². The van der Waals surface area contributed by atoms with E-state index in [4.69, 9.17) is 0 Å². The van der Waals surface area contributed by atoms with Gasteiger partial charge in [-0.15, -0.1) is 0 Å². The van der Waals surface area contributed by atoms with Crippen molar-refractivity contribution < 1.29 is 0 Å². The van der Waals surface area contributed by atoms with E-state index < -0.39 is 0 Å². The number of piperidine rings is 1. The Morgan fingerprint density at radius 1 is 1.20 bits per heavy atom. The molecule has 1 fully saturated rings. The molecule has 0 aromatic rings. The third-order valence-electron chi connectivity index (χ3n) is 4.21. The molecular weight excluding hydrogens is 182 g/mol. The molecule has 1 heteroatoms. The lowest BCUT2D eigenvalue weighted by Crippen LogP contribution is -2.39. The van der Waals surface area contributed by atoms with Gasteiger partial charge in [0.1, 0.15) is 0 Å². The summed E-state index contributed by atoms with van der Waals surface area (Å²) >= 11 is 0. The van der Waals surface area contributed by atoms with Gasteiger partial charge in [0.05, 0.1) is 0 Å². The Morgan fingerprint density at radius 2 is 2.00 bits per heavy atom. The van der Waals surface area contributed by atoms with E-state index in [9.17, 15) is 0 Å². The zero-order valence-corrected chi connectivity index (χ0v) is 10.9. The number of unbranched alkanes of at least 4 members (excludes halogenated alkanes) is 1. The van der Waals surface area contributed by atoms with E-state index >= 15 is 0 Å². The first-order chi connectivity index (χ1) is 7.23. The molecule has 1 aliphatic heterocycles. The Bertz CT molecular complexity index is 161. The van der Waals surface area contributed by atoms with Gasteiger partial charge in [0, 0.05) is 0 Å². The second-order valence-corrected chi connectivity index (χ2v) is 5.55. The molecule has 1 rings (SSSR count). The van der Waals surface area contributed by atoms with Gasteiger partial charge < -0.3 is 5.32 Å². The minimum absolute atomic E-state index is 0.609. The van der Waals surface area contributed by atoms with Crippen LogP contribution in [0.3, 0.4) is 0 Å². The van der Waals surface area contributed by atoms with Crippen molar-refractivity contribution in [2.45, 2.75) is 65.7 Å². The first-order valence-corrected chi connectivity index (χ1v) is 6.93. The lowest BCUT2D eigenvalue weighted by molar-refractivity contribution is 0.119. The Morgan fingerprint density at radius 3 is 2.53 bits per heavy atom. The van der Waals surface area contributed by atoms with Crippen LogP contribution in [0.4, 0.5) is 0 Å². The highest BCUT2D eigenvalue weighted by atomic mass is 14.9. The van der Waals surface area contributed by atoms with Crippen molar-refractivity contribution >= 4 is 0 Å². The number of nitrogens with one attached hydrogen (secondary N) is 1. The summed E-state index contributed by atoms with van der Waals surface area (Å²) in [6, 6.07) is 0. The van der Waals surface area contributed by atoms with Crippen LogP contribution in [-0.4, -0.2) is 13.1 Å². The van der Waals surface area contributed by atoms with E-state index in [1.54, 1.807) is 0 Å². The zero-order chi connectivity index (χ0) is 11.1. The molecule has 0 saturated carbocycles. The van der Waals surface area contributed by atoms with E-state index in [1.807, 2.05) is 0 Å². The van der Waals surface area contributed by atoms with Crippen molar-refractivity contribution in [2.75, 3.05) is 13.1 Å². The van der Waals surface area contributed by atoms with Crippen molar-refractivity contribution in [3.8, 4) is 0 Å². The van der Waals surface area contributed by atoms with E-state index in [0.717, 1.165) is 5.92 Å². The summed E-state index contributed by atoms with van der Waals surface area (Å²) in [7, 11) is 0. The molecule has 90 valence electrons. The van der Waals surface area contributed by atoms with Crippen LogP contribution >= 0.6 is 0 Å². The van der Waals surface area contributed by atoms with Gasteiger partial charge in [-0.1, -0.05) is 40.0 Å². The van der Waals surface area contributed by atoms with E-state index in [-0.39, 0.29) is 0 Å². The van der Waals surface area contributed by atoms with Gasteiger partial charge in [-0.2, -0.15) is 0 Å². The smallest absolute Gasteiger partial charge is 0.00153 e. The fourth-order valence-electron chi connectivity index (χ4n) is 3.13. The zero-order valence-electron chi connectivity index (χ0n) is 10.9. The Balaban J connectivity index is 2.52. The maximum Gasteiger partial charge on any atom is -0.00153 e. The highest BCUT2D eigenvalue weighted by Gasteiger charge is 2.33. The largest absolute Gasteiger partial charge is 0.316 e. The quantitative estimate of drug-likeness (QED) is 0.700. The molecule has 0 radical (unpaired) electrons. The molecule has 15 heavy (non-hydrogen) atoms. The van der Waals surface area contributed by atoms with Crippen molar-refractivity contribution in [1.82, 2.24) is 5.32 Å². The van der Waals surface area contributed by atoms with Crippen LogP contribution in [0.25, 0.3) is 0 Å². The number of rotatable bonds is 6. The molecule has 0 aromatic carbocycles. The summed E-state index contributed by atoms with van der Waals surface area (Å²) in [4.78, 5) is 0. The summed E-state index contributed by atoms with van der Waals surface area (Å²) < 4.78 is 0. The fraction of sp³-hybridized carbons (Fsp3) is 1.00. The first kappa shape index (κ1) is 13.0. The molecule has 0 spiro atoms. The van der Waals surface area contributed by atoms with Gasteiger partial charge in [0.2, 0.25) is 0 Å². The lowest BCUT2D eigenvalue weighted by atomic mass is 9.68. The van der Waals surface area contributed by atoms with Crippen molar-refractivity contribution in [2.24, 2.45) is 11.3 Å². The Labute approximate surface area is 96.0 Å². The van der Waals surface area contributed by atoms with Crippen LogP contribution in [0.5, 0.6) is 0 Å². The third-order valence-corrected chi connectivity index (χ3v) is 4.21. The van der Waals surface area contributed by atoms with Crippen LogP contribution in [-0.2, 0) is 0 Å². The van der Waals surface area contributed by atoms with Gasteiger partial charge in [-0.25, -0.2) is 0 Å². The van der Waals surface area contributed by atoms with Gasteiger partial charge >= 0.3 is 0 Å². The van der Waals surface area contributed by atoms with Crippen molar-refractivity contribution in [3.63, 3.8) is 0 Å². The number of hydrogen-bond donors (Lipinski definition) is 1. The summed E-state index contributed by atoms with van der Waals surface area (Å²) in [5.41, 5.74) is 0.609. The predicted molar refractivity (Wildman–Crippen MR) is 68.1 cm³/mol. The predicted octanol–water partition coefficient (Wildman–Crippen LogP) is 3.98. The van der Waals surface area contributed by atoms with Gasteiger partial charge in [-0.3, -0.25) is 0 Å². The first-order valence-electron chi connectivity index (χ1n) is 6.93. The van der Waals surface area contributed by atoms with Gasteiger partial charge in [-0.05, 0) is 50.1 Å². The van der Waals surface area contributed by atoms with Crippen LogP contribution < -0.4 is 5.32 Å². The molecule has 0 bridgehead atoms. The average Bonchev–Trinajstić information content (AvgIpc) is 2.28. The molecule has 1 saturated heterocycles. The van der Waals surface area contributed by atoms with E-state index in [1.165, 1.54) is 58.0 Å². The molecule has 1 nitrogen and oxygen atoms in total. The highest BCUT2D eigenvalue weighted by molar-refractivity contribution is 4.85. The Kier molecular flexibility index (Phi) is 5.66. The second-order valence-electron chi connectivity index (χ2n) is 5.55. The van der Waals surface area contributed by atoms with E-state index in [0.29, 0.717) is 5.41 Å². The van der Waals surface area contributed by atoms with Gasteiger partial charge in [0.25, 0.3) is 0 Å². The normalized spacial score (nSPS) is 26.2. The van der Waals surface area contributed by atoms with Crippen molar-refractivity contribution in [3.05, 3.63) is 0 Å². The minimum Gasteiger partial charge on any atom is -0.316 e. The average molecular weight is 211 g/mol. The molecule has 2 atom stereocenters. The highest BCUT2D eigenvalue weighted by Crippen LogP contribution is 2.40. The third kappa shape index (κ3) is 3.79. The molecule has 0 aromatic heterocycles. The summed E-state index contributed by atoms with van der Waals surface area (Å²) in [6.07, 6.45) is 9.79. The Hall–Kier alpha value is -0.0400. The second kappa shape index (κ2) is 6.52. The maximum atomic E-state index is 3.58.